The van der Waals surface area contributed by atoms with Gasteiger partial charge in [0.05, 0.1) is 0 Å². The first kappa shape index (κ1) is 31.5. The number of hydrogen-bond acceptors (Lipinski definition) is 0. The molecular formula is C35H52Cl2SiZr. The number of halogens is 2. The number of allylic oxidation sites excluding steroid dienone is 2. The van der Waals surface area contributed by atoms with E-state index in [0.29, 0.717) is 23.7 Å². The summed E-state index contributed by atoms with van der Waals surface area (Å²) in [7, 11) is 17.5. The molecule has 2 aromatic carbocycles. The Balaban J connectivity index is 2.12. The van der Waals surface area contributed by atoms with Crippen molar-refractivity contribution in [1.29, 1.82) is 0 Å². The Morgan fingerprint density at radius 3 is 1.28 bits per heavy atom. The second kappa shape index (κ2) is 10.1. The Bertz CT molecular complexity index is 1280. The van der Waals surface area contributed by atoms with E-state index >= 15 is 0 Å². The zero-order chi connectivity index (χ0) is 29.3. The molecule has 2 unspecified atom stereocenters. The quantitative estimate of drug-likeness (QED) is 0.247. The Morgan fingerprint density at radius 1 is 0.667 bits per heavy atom. The van der Waals surface area contributed by atoms with Crippen molar-refractivity contribution in [2.45, 2.75) is 118 Å². The van der Waals surface area contributed by atoms with Gasteiger partial charge >= 0.3 is 248 Å². The molecule has 39 heavy (non-hydrogen) atoms. The van der Waals surface area contributed by atoms with Gasteiger partial charge in [-0.1, -0.05) is 0 Å². The van der Waals surface area contributed by atoms with E-state index in [9.17, 15) is 0 Å². The van der Waals surface area contributed by atoms with E-state index < -0.39 is 20.7 Å². The van der Waals surface area contributed by atoms with Crippen LogP contribution in [0, 0.1) is 0 Å². The minimum atomic E-state index is -5.19. The summed E-state index contributed by atoms with van der Waals surface area (Å²) in [4.78, 5) is 0. The van der Waals surface area contributed by atoms with Crippen LogP contribution in [0.25, 0.3) is 12.2 Å². The van der Waals surface area contributed by atoms with Crippen LogP contribution < -0.4 is 0 Å². The van der Waals surface area contributed by atoms with Gasteiger partial charge < -0.3 is 0 Å². The second-order valence-electron chi connectivity index (χ2n) is 14.5. The van der Waals surface area contributed by atoms with Crippen LogP contribution in [0.5, 0.6) is 0 Å². The van der Waals surface area contributed by atoms with Gasteiger partial charge in [-0.3, -0.25) is 0 Å². The molecule has 0 saturated carbocycles. The molecule has 0 amide bonds. The first-order valence-corrected chi connectivity index (χ1v) is 33.7. The first-order valence-electron chi connectivity index (χ1n) is 15.5. The van der Waals surface area contributed by atoms with Crippen LogP contribution in [0.1, 0.15) is 152 Å². The number of rotatable bonds is 8. The van der Waals surface area contributed by atoms with Crippen molar-refractivity contribution in [3.05, 3.63) is 79.9 Å². The van der Waals surface area contributed by atoms with Gasteiger partial charge in [-0.15, -0.1) is 0 Å². The standard InChI is InChI=1S/2C16H21.C2H5.CH5Si.2ClH.Zr/c2*1-10(2)13-8-14-6-12(5)7-16(14)15(9-13)11(3)4;2*1-2;;;/h2*6-11H,1-5H3;1H2,2H3;2H2,1H3;2*1H;/q;;;;;;+2/p-2. The molecule has 4 heteroatoms. The van der Waals surface area contributed by atoms with Crippen molar-refractivity contribution < 1.29 is 14.1 Å². The summed E-state index contributed by atoms with van der Waals surface area (Å²) in [5.41, 5.74) is 14.2. The zero-order valence-electron chi connectivity index (χ0n) is 26.6. The van der Waals surface area contributed by atoms with E-state index in [2.05, 4.69) is 119 Å². The van der Waals surface area contributed by atoms with Crippen molar-refractivity contribution in [3.63, 3.8) is 0 Å². The normalized spacial score (nSPS) is 21.2. The summed E-state index contributed by atoms with van der Waals surface area (Å²) in [6, 6.07) is 9.90. The molecule has 0 bridgehead atoms. The summed E-state index contributed by atoms with van der Waals surface area (Å²) in [5, 5.41) is 0. The van der Waals surface area contributed by atoms with Gasteiger partial charge in [-0.05, 0) is 0 Å². The number of benzene rings is 2. The molecule has 4 rings (SSSR count). The Kier molecular flexibility index (Phi) is 8.17. The third-order valence-corrected chi connectivity index (χ3v) is 68.0. The molecule has 0 radical (unpaired) electrons. The van der Waals surface area contributed by atoms with Crippen LogP contribution in [0.4, 0.5) is 0 Å². The molecule has 0 aromatic heterocycles. The van der Waals surface area contributed by atoms with Crippen LogP contribution >= 0.6 is 17.0 Å². The molecule has 0 spiro atoms. The maximum atomic E-state index is 8.76. The van der Waals surface area contributed by atoms with Gasteiger partial charge in [0.2, 0.25) is 0 Å². The van der Waals surface area contributed by atoms with Crippen LogP contribution in [0.3, 0.4) is 0 Å². The molecular weight excluding hydrogens is 611 g/mol. The molecule has 214 valence electrons. The fourth-order valence-electron chi connectivity index (χ4n) is 8.33. The fraction of sp³-hybridized carbons (Fsp3) is 0.543. The Hall–Kier alpha value is -0.400. The van der Waals surface area contributed by atoms with Crippen LogP contribution in [0.2, 0.25) is 10.7 Å². The fourth-order valence-corrected chi connectivity index (χ4v) is 47.4. The molecule has 2 aliphatic rings. The number of fused-ring (bicyclic) bond motifs is 2. The van der Waals surface area contributed by atoms with E-state index in [0.717, 1.165) is 4.13 Å². The van der Waals surface area contributed by atoms with Gasteiger partial charge in [0.25, 0.3) is 0 Å². The van der Waals surface area contributed by atoms with Crippen molar-refractivity contribution in [2.75, 3.05) is 0 Å². The average Bonchev–Trinajstić information content (AvgIpc) is 3.39. The summed E-state index contributed by atoms with van der Waals surface area (Å²) < 4.78 is 1.20. The molecule has 0 saturated heterocycles. The van der Waals surface area contributed by atoms with E-state index in [1.165, 1.54) is 55.7 Å². The van der Waals surface area contributed by atoms with Crippen molar-refractivity contribution in [2.24, 2.45) is 0 Å². The van der Waals surface area contributed by atoms with Crippen molar-refractivity contribution >= 4 is 35.8 Å². The minimum absolute atomic E-state index is 0.145. The van der Waals surface area contributed by atoms with Crippen LogP contribution in [-0.2, 0) is 14.1 Å². The summed E-state index contributed by atoms with van der Waals surface area (Å²) >= 11 is -5.19. The third kappa shape index (κ3) is 4.62. The van der Waals surface area contributed by atoms with Crippen LogP contribution in [-0.4, -0.2) is 6.65 Å². The molecule has 2 aromatic rings. The SMILES string of the molecule is C[CH2][Zr]([Cl])([Cl])([SiH2]C)([CH]1C(C)=Cc2c(C(C)C)cc(C(C)C)cc21)[CH]1C(C)=Cc2c(C(C)C)cc(C(C)C)cc21. The molecule has 0 N–H and O–H groups in total. The van der Waals surface area contributed by atoms with E-state index in [1.807, 2.05) is 0 Å². The maximum absolute atomic E-state index is 8.76. The van der Waals surface area contributed by atoms with Gasteiger partial charge in [0, 0.05) is 0 Å². The van der Waals surface area contributed by atoms with E-state index in [4.69, 9.17) is 17.0 Å². The zero-order valence-corrected chi connectivity index (χ0v) is 32.0. The predicted molar refractivity (Wildman–Crippen MR) is 179 cm³/mol. The van der Waals surface area contributed by atoms with Gasteiger partial charge in [-0.25, -0.2) is 0 Å². The molecule has 2 atom stereocenters. The predicted octanol–water partition coefficient (Wildman–Crippen LogP) is 11.9. The van der Waals surface area contributed by atoms with Gasteiger partial charge in [0.1, 0.15) is 0 Å². The monoisotopic (exact) mass is 660 g/mol. The summed E-state index contributed by atoms with van der Waals surface area (Å²) in [6.07, 6.45) is 4.94. The Morgan fingerprint density at radius 2 is 1.03 bits per heavy atom. The second-order valence-corrected chi connectivity index (χ2v) is 68.3. The van der Waals surface area contributed by atoms with E-state index in [-0.39, 0.29) is 7.25 Å². The molecule has 0 heterocycles. The Labute approximate surface area is 245 Å². The third-order valence-electron chi connectivity index (χ3n) is 10.8. The average molecular weight is 663 g/mol. The van der Waals surface area contributed by atoms with Gasteiger partial charge in [-0.2, -0.15) is 0 Å². The number of hydrogen-bond donors (Lipinski definition) is 0. The summed E-state index contributed by atoms with van der Waals surface area (Å²) in [6.45, 7) is 27.2. The molecule has 0 fully saturated rings. The van der Waals surface area contributed by atoms with Gasteiger partial charge in [0.15, 0.2) is 0 Å². The first-order chi connectivity index (χ1) is 18.0. The summed E-state index contributed by atoms with van der Waals surface area (Å²) in [5.74, 6) is 1.84. The van der Waals surface area contributed by atoms with Crippen molar-refractivity contribution in [1.82, 2.24) is 0 Å². The molecule has 2 aliphatic carbocycles. The van der Waals surface area contributed by atoms with E-state index in [1.54, 1.807) is 0 Å². The topological polar surface area (TPSA) is 0 Å². The van der Waals surface area contributed by atoms with Crippen LogP contribution in [0.15, 0.2) is 35.4 Å². The van der Waals surface area contributed by atoms with Crippen molar-refractivity contribution in [3.8, 4) is 0 Å². The molecule has 0 aliphatic heterocycles. The molecule has 0 nitrogen and oxygen atoms in total.